The Morgan fingerprint density at radius 1 is 1.44 bits per heavy atom. The highest BCUT2D eigenvalue weighted by atomic mass is 32.2. The van der Waals surface area contributed by atoms with Crippen LogP contribution in [-0.2, 0) is 10.0 Å². The van der Waals surface area contributed by atoms with Gasteiger partial charge in [-0.3, -0.25) is 0 Å². The molecular formula is C13H20N2O2S. The molecule has 0 radical (unpaired) electrons. The number of sulfonamides is 1. The Kier molecular flexibility index (Phi) is 3.49. The highest BCUT2D eigenvalue weighted by molar-refractivity contribution is 7.89. The molecule has 0 aromatic heterocycles. The molecule has 3 N–H and O–H groups in total. The second kappa shape index (κ2) is 4.64. The van der Waals surface area contributed by atoms with E-state index >= 15 is 0 Å². The van der Waals surface area contributed by atoms with Gasteiger partial charge in [0, 0.05) is 12.6 Å². The van der Waals surface area contributed by atoms with Gasteiger partial charge < -0.3 is 5.32 Å². The molecule has 0 amide bonds. The molecule has 5 heteroatoms. The van der Waals surface area contributed by atoms with Crippen LogP contribution in [0.1, 0.15) is 38.3 Å². The Bertz CT molecular complexity index is 536. The lowest BCUT2D eigenvalue weighted by atomic mass is 10.1. The van der Waals surface area contributed by atoms with Gasteiger partial charge in [0.05, 0.1) is 4.90 Å². The van der Waals surface area contributed by atoms with Crippen molar-refractivity contribution in [3.63, 3.8) is 0 Å². The monoisotopic (exact) mass is 268 g/mol. The minimum absolute atomic E-state index is 0.129. The molecule has 1 atom stereocenters. The lowest BCUT2D eigenvalue weighted by Crippen LogP contribution is -2.25. The maximum Gasteiger partial charge on any atom is 0.238 e. The Labute approximate surface area is 109 Å². The van der Waals surface area contributed by atoms with Crippen molar-refractivity contribution in [3.05, 3.63) is 29.8 Å². The summed E-state index contributed by atoms with van der Waals surface area (Å²) in [5, 5.41) is 8.58. The second-order valence-corrected chi connectivity index (χ2v) is 7.09. The molecule has 1 unspecified atom stereocenters. The molecule has 2 rings (SSSR count). The standard InChI is InChI=1S/C13H20N2O2S/c1-10(15-9-13(2)6-7-13)11-4-3-5-12(8-11)18(14,16)17/h3-5,8,10,15H,6-7,9H2,1-2H3,(H2,14,16,17). The Morgan fingerprint density at radius 2 is 2.11 bits per heavy atom. The van der Waals surface area contributed by atoms with Gasteiger partial charge in [-0.15, -0.1) is 0 Å². The smallest absolute Gasteiger partial charge is 0.238 e. The summed E-state index contributed by atoms with van der Waals surface area (Å²) in [6.07, 6.45) is 2.54. The maximum atomic E-state index is 11.3. The summed E-state index contributed by atoms with van der Waals surface area (Å²) < 4.78 is 22.6. The van der Waals surface area contributed by atoms with Gasteiger partial charge in [0.25, 0.3) is 0 Å². The van der Waals surface area contributed by atoms with Crippen LogP contribution in [0.2, 0.25) is 0 Å². The molecule has 0 aliphatic heterocycles. The van der Waals surface area contributed by atoms with E-state index in [1.165, 1.54) is 18.9 Å². The van der Waals surface area contributed by atoms with Crippen LogP contribution >= 0.6 is 0 Å². The quantitative estimate of drug-likeness (QED) is 0.855. The zero-order valence-electron chi connectivity index (χ0n) is 10.8. The van der Waals surface area contributed by atoms with E-state index < -0.39 is 10.0 Å². The van der Waals surface area contributed by atoms with Crippen LogP contribution < -0.4 is 10.5 Å². The van der Waals surface area contributed by atoms with E-state index in [9.17, 15) is 8.42 Å². The first-order valence-electron chi connectivity index (χ1n) is 6.16. The highest BCUT2D eigenvalue weighted by Crippen LogP contribution is 2.44. The molecule has 0 spiro atoms. The highest BCUT2D eigenvalue weighted by Gasteiger charge is 2.36. The predicted octanol–water partition coefficient (Wildman–Crippen LogP) is 1.78. The molecule has 1 aromatic carbocycles. The number of nitrogens with one attached hydrogen (secondary N) is 1. The molecule has 0 heterocycles. The lowest BCUT2D eigenvalue weighted by Gasteiger charge is -2.17. The fraction of sp³-hybridized carbons (Fsp3) is 0.538. The predicted molar refractivity (Wildman–Crippen MR) is 71.6 cm³/mol. The molecule has 1 saturated carbocycles. The van der Waals surface area contributed by atoms with Crippen molar-refractivity contribution < 1.29 is 8.42 Å². The van der Waals surface area contributed by atoms with Gasteiger partial charge in [0.1, 0.15) is 0 Å². The molecule has 100 valence electrons. The van der Waals surface area contributed by atoms with Gasteiger partial charge in [0.2, 0.25) is 10.0 Å². The zero-order chi connectivity index (χ0) is 13.4. The number of rotatable bonds is 5. The Balaban J connectivity index is 2.08. The molecule has 1 aliphatic carbocycles. The summed E-state index contributed by atoms with van der Waals surface area (Å²) in [4.78, 5) is 0.172. The lowest BCUT2D eigenvalue weighted by molar-refractivity contribution is 0.457. The van der Waals surface area contributed by atoms with Crippen LogP contribution in [0.4, 0.5) is 0 Å². The maximum absolute atomic E-state index is 11.3. The van der Waals surface area contributed by atoms with Gasteiger partial charge in [-0.1, -0.05) is 19.1 Å². The SMILES string of the molecule is CC(NCC1(C)CC1)c1cccc(S(N)(=O)=O)c1. The van der Waals surface area contributed by atoms with Gasteiger partial charge in [-0.05, 0) is 42.9 Å². The van der Waals surface area contributed by atoms with Crippen molar-refractivity contribution in [2.24, 2.45) is 10.6 Å². The molecule has 0 saturated heterocycles. The summed E-state index contributed by atoms with van der Waals surface area (Å²) in [7, 11) is -3.62. The minimum atomic E-state index is -3.62. The first kappa shape index (κ1) is 13.5. The second-order valence-electron chi connectivity index (χ2n) is 5.53. The molecule has 4 nitrogen and oxygen atoms in total. The Hall–Kier alpha value is -0.910. The van der Waals surface area contributed by atoms with Crippen LogP contribution in [0, 0.1) is 5.41 Å². The first-order valence-corrected chi connectivity index (χ1v) is 7.71. The third kappa shape index (κ3) is 3.31. The van der Waals surface area contributed by atoms with Gasteiger partial charge in [-0.25, -0.2) is 13.6 Å². The number of benzene rings is 1. The number of hydrogen-bond acceptors (Lipinski definition) is 3. The van der Waals surface area contributed by atoms with Crippen LogP contribution in [-0.4, -0.2) is 15.0 Å². The molecule has 1 fully saturated rings. The van der Waals surface area contributed by atoms with Crippen molar-refractivity contribution in [1.29, 1.82) is 0 Å². The Morgan fingerprint density at radius 3 is 2.67 bits per heavy atom. The summed E-state index contributed by atoms with van der Waals surface area (Å²) in [6.45, 7) is 5.26. The largest absolute Gasteiger partial charge is 0.310 e. The first-order chi connectivity index (χ1) is 8.30. The van der Waals surface area contributed by atoms with Gasteiger partial charge in [-0.2, -0.15) is 0 Å². The molecular weight excluding hydrogens is 248 g/mol. The molecule has 0 bridgehead atoms. The molecule has 18 heavy (non-hydrogen) atoms. The topological polar surface area (TPSA) is 72.2 Å². The van der Waals surface area contributed by atoms with E-state index in [1.807, 2.05) is 13.0 Å². The average Bonchev–Trinajstić information content (AvgIpc) is 3.04. The van der Waals surface area contributed by atoms with Gasteiger partial charge >= 0.3 is 0 Å². The average molecular weight is 268 g/mol. The molecule has 1 aliphatic rings. The number of primary sulfonamides is 1. The minimum Gasteiger partial charge on any atom is -0.310 e. The van der Waals surface area contributed by atoms with Crippen molar-refractivity contribution >= 4 is 10.0 Å². The van der Waals surface area contributed by atoms with Crippen molar-refractivity contribution in [1.82, 2.24) is 5.32 Å². The summed E-state index contributed by atoms with van der Waals surface area (Å²) in [6, 6.07) is 6.94. The third-order valence-electron chi connectivity index (χ3n) is 3.63. The number of hydrogen-bond donors (Lipinski definition) is 2. The van der Waals surface area contributed by atoms with Crippen molar-refractivity contribution in [2.75, 3.05) is 6.54 Å². The van der Waals surface area contributed by atoms with E-state index in [0.717, 1.165) is 12.1 Å². The summed E-state index contributed by atoms with van der Waals surface area (Å²) in [5.41, 5.74) is 1.39. The number of nitrogens with two attached hydrogens (primary N) is 1. The van der Waals surface area contributed by atoms with E-state index in [2.05, 4.69) is 12.2 Å². The van der Waals surface area contributed by atoms with Crippen molar-refractivity contribution in [3.8, 4) is 0 Å². The fourth-order valence-electron chi connectivity index (χ4n) is 1.87. The van der Waals surface area contributed by atoms with E-state index in [-0.39, 0.29) is 10.9 Å². The van der Waals surface area contributed by atoms with Crippen LogP contribution in [0.5, 0.6) is 0 Å². The van der Waals surface area contributed by atoms with Gasteiger partial charge in [0.15, 0.2) is 0 Å². The summed E-state index contributed by atoms with van der Waals surface area (Å²) >= 11 is 0. The van der Waals surface area contributed by atoms with Crippen LogP contribution in [0.15, 0.2) is 29.2 Å². The zero-order valence-corrected chi connectivity index (χ0v) is 11.6. The normalized spacial score (nSPS) is 19.5. The van der Waals surface area contributed by atoms with E-state index in [4.69, 9.17) is 5.14 Å². The van der Waals surface area contributed by atoms with Crippen molar-refractivity contribution in [2.45, 2.75) is 37.6 Å². The van der Waals surface area contributed by atoms with Crippen LogP contribution in [0.3, 0.4) is 0 Å². The van der Waals surface area contributed by atoms with Crippen LogP contribution in [0.25, 0.3) is 0 Å². The van der Waals surface area contributed by atoms with E-state index in [1.54, 1.807) is 12.1 Å². The summed E-state index contributed by atoms with van der Waals surface area (Å²) in [5.74, 6) is 0. The fourth-order valence-corrected chi connectivity index (χ4v) is 2.44. The van der Waals surface area contributed by atoms with E-state index in [0.29, 0.717) is 5.41 Å². The third-order valence-corrected chi connectivity index (χ3v) is 4.54. The molecule has 1 aromatic rings.